The lowest BCUT2D eigenvalue weighted by Gasteiger charge is -2.20. The Hall–Kier alpha value is -1.39. The Kier molecular flexibility index (Phi) is 3.91. The van der Waals surface area contributed by atoms with Gasteiger partial charge in [0.2, 0.25) is 0 Å². The fraction of sp³-hybridized carbons (Fsp3) is 0.500. The van der Waals surface area contributed by atoms with Gasteiger partial charge < -0.3 is 10.1 Å². The van der Waals surface area contributed by atoms with Gasteiger partial charge in [0.1, 0.15) is 5.75 Å². The summed E-state index contributed by atoms with van der Waals surface area (Å²) in [5.74, 6) is -0.212. The molecule has 0 aliphatic carbocycles. The first-order chi connectivity index (χ1) is 7.66. The minimum absolute atomic E-state index is 0.0564. The second-order valence-corrected chi connectivity index (χ2v) is 4.99. The van der Waals surface area contributed by atoms with Crippen molar-refractivity contribution in [3.05, 3.63) is 24.3 Å². The van der Waals surface area contributed by atoms with Crippen LogP contribution in [0.25, 0.3) is 0 Å². The zero-order chi connectivity index (χ0) is 13.1. The molecule has 0 aliphatic heterocycles. The number of rotatable bonds is 3. The van der Waals surface area contributed by atoms with Crippen LogP contribution in [-0.2, 0) is 0 Å². The highest BCUT2D eigenvalue weighted by atomic mass is 19.4. The van der Waals surface area contributed by atoms with Crippen LogP contribution in [0.2, 0.25) is 0 Å². The molecule has 0 heterocycles. The van der Waals surface area contributed by atoms with Gasteiger partial charge in [-0.25, -0.2) is 0 Å². The Bertz CT molecular complexity index is 369. The molecule has 0 saturated carbocycles. The molecule has 96 valence electrons. The Balaban J connectivity index is 2.66. The second-order valence-electron chi connectivity index (χ2n) is 4.99. The fourth-order valence-corrected chi connectivity index (χ4v) is 1.17. The molecule has 1 rings (SSSR count). The quantitative estimate of drug-likeness (QED) is 0.870. The molecular formula is C12H16F3NO. The molecule has 1 N–H and O–H groups in total. The van der Waals surface area contributed by atoms with E-state index in [-0.39, 0.29) is 11.2 Å². The number of nitrogens with one attached hydrogen (secondary N) is 1. The van der Waals surface area contributed by atoms with Gasteiger partial charge in [-0.15, -0.1) is 13.2 Å². The summed E-state index contributed by atoms with van der Waals surface area (Å²) in [6, 6.07) is 5.83. The highest BCUT2D eigenvalue weighted by molar-refractivity contribution is 5.48. The van der Waals surface area contributed by atoms with Gasteiger partial charge in [-0.3, -0.25) is 0 Å². The molecule has 0 unspecified atom stereocenters. The van der Waals surface area contributed by atoms with Gasteiger partial charge in [0, 0.05) is 18.3 Å². The van der Waals surface area contributed by atoms with Crippen molar-refractivity contribution in [2.24, 2.45) is 5.41 Å². The lowest BCUT2D eigenvalue weighted by molar-refractivity contribution is -0.274. The first kappa shape index (κ1) is 13.7. The van der Waals surface area contributed by atoms with Crippen LogP contribution in [0.5, 0.6) is 5.75 Å². The third kappa shape index (κ3) is 6.04. The SMILES string of the molecule is CC(C)(C)CNc1cccc(OC(F)(F)F)c1. The molecule has 0 radical (unpaired) electrons. The van der Waals surface area contributed by atoms with E-state index < -0.39 is 6.36 Å². The molecular weight excluding hydrogens is 231 g/mol. The topological polar surface area (TPSA) is 21.3 Å². The first-order valence-electron chi connectivity index (χ1n) is 5.25. The van der Waals surface area contributed by atoms with Gasteiger partial charge in [-0.2, -0.15) is 0 Å². The number of anilines is 1. The Labute approximate surface area is 98.8 Å². The predicted octanol–water partition coefficient (Wildman–Crippen LogP) is 4.04. The summed E-state index contributed by atoms with van der Waals surface area (Å²) in [6.45, 7) is 6.78. The van der Waals surface area contributed by atoms with Gasteiger partial charge in [0.05, 0.1) is 0 Å². The highest BCUT2D eigenvalue weighted by Crippen LogP contribution is 2.25. The minimum Gasteiger partial charge on any atom is -0.406 e. The van der Waals surface area contributed by atoms with E-state index in [9.17, 15) is 13.2 Å². The van der Waals surface area contributed by atoms with Gasteiger partial charge in [0.15, 0.2) is 0 Å². The van der Waals surface area contributed by atoms with E-state index in [0.717, 1.165) is 0 Å². The molecule has 1 aromatic carbocycles. The lowest BCUT2D eigenvalue weighted by atomic mass is 9.97. The highest BCUT2D eigenvalue weighted by Gasteiger charge is 2.31. The van der Waals surface area contributed by atoms with Crippen LogP contribution in [0.4, 0.5) is 18.9 Å². The molecule has 0 aromatic heterocycles. The summed E-state index contributed by atoms with van der Waals surface area (Å²) in [5, 5.41) is 3.06. The van der Waals surface area contributed by atoms with E-state index in [1.165, 1.54) is 18.2 Å². The molecule has 1 aromatic rings. The first-order valence-corrected chi connectivity index (χ1v) is 5.25. The largest absolute Gasteiger partial charge is 0.573 e. The van der Waals surface area contributed by atoms with Crippen molar-refractivity contribution in [2.45, 2.75) is 27.1 Å². The Morgan fingerprint density at radius 3 is 2.35 bits per heavy atom. The van der Waals surface area contributed by atoms with Crippen molar-refractivity contribution in [1.82, 2.24) is 0 Å². The van der Waals surface area contributed by atoms with Gasteiger partial charge in [-0.1, -0.05) is 26.8 Å². The van der Waals surface area contributed by atoms with Crippen molar-refractivity contribution in [2.75, 3.05) is 11.9 Å². The zero-order valence-corrected chi connectivity index (χ0v) is 10.1. The second kappa shape index (κ2) is 4.85. The van der Waals surface area contributed by atoms with Crippen molar-refractivity contribution >= 4 is 5.69 Å². The smallest absolute Gasteiger partial charge is 0.406 e. The van der Waals surface area contributed by atoms with Crippen LogP contribution in [-0.4, -0.2) is 12.9 Å². The van der Waals surface area contributed by atoms with E-state index in [1.54, 1.807) is 6.07 Å². The van der Waals surface area contributed by atoms with Crippen LogP contribution >= 0.6 is 0 Å². The maximum atomic E-state index is 12.0. The number of halogens is 3. The van der Waals surface area contributed by atoms with Crippen LogP contribution < -0.4 is 10.1 Å². The number of hydrogen-bond acceptors (Lipinski definition) is 2. The molecule has 2 nitrogen and oxygen atoms in total. The van der Waals surface area contributed by atoms with Crippen molar-refractivity contribution in [3.8, 4) is 5.75 Å². The summed E-state index contributed by atoms with van der Waals surface area (Å²) in [7, 11) is 0. The normalized spacial score (nSPS) is 12.4. The summed E-state index contributed by atoms with van der Waals surface area (Å²) in [6.07, 6.45) is -4.65. The van der Waals surface area contributed by atoms with Crippen LogP contribution in [0.15, 0.2) is 24.3 Å². The average molecular weight is 247 g/mol. The molecule has 0 aliphatic rings. The Morgan fingerprint density at radius 1 is 1.18 bits per heavy atom. The third-order valence-corrected chi connectivity index (χ3v) is 1.89. The van der Waals surface area contributed by atoms with E-state index >= 15 is 0 Å². The fourth-order valence-electron chi connectivity index (χ4n) is 1.17. The molecule has 0 fully saturated rings. The van der Waals surface area contributed by atoms with Crippen molar-refractivity contribution < 1.29 is 17.9 Å². The van der Waals surface area contributed by atoms with Crippen LogP contribution in [0, 0.1) is 5.41 Å². The van der Waals surface area contributed by atoms with Gasteiger partial charge in [-0.05, 0) is 17.5 Å². The third-order valence-electron chi connectivity index (χ3n) is 1.89. The van der Waals surface area contributed by atoms with E-state index in [4.69, 9.17) is 0 Å². The molecule has 5 heteroatoms. The van der Waals surface area contributed by atoms with Gasteiger partial charge >= 0.3 is 6.36 Å². The maximum Gasteiger partial charge on any atom is 0.573 e. The summed E-state index contributed by atoms with van der Waals surface area (Å²) < 4.78 is 39.9. The number of benzene rings is 1. The lowest BCUT2D eigenvalue weighted by Crippen LogP contribution is -2.19. The molecule has 0 bridgehead atoms. The van der Waals surface area contributed by atoms with E-state index in [1.807, 2.05) is 20.8 Å². The Morgan fingerprint density at radius 2 is 1.82 bits per heavy atom. The average Bonchev–Trinajstić information content (AvgIpc) is 2.11. The van der Waals surface area contributed by atoms with Crippen LogP contribution in [0.1, 0.15) is 20.8 Å². The number of hydrogen-bond donors (Lipinski definition) is 1. The predicted molar refractivity (Wildman–Crippen MR) is 61.1 cm³/mol. The molecule has 0 saturated heterocycles. The molecule has 17 heavy (non-hydrogen) atoms. The van der Waals surface area contributed by atoms with E-state index in [0.29, 0.717) is 12.2 Å². The monoisotopic (exact) mass is 247 g/mol. The number of ether oxygens (including phenoxy) is 1. The van der Waals surface area contributed by atoms with Crippen LogP contribution in [0.3, 0.4) is 0 Å². The zero-order valence-electron chi connectivity index (χ0n) is 10.1. The maximum absolute atomic E-state index is 12.0. The molecule has 0 amide bonds. The summed E-state index contributed by atoms with van der Waals surface area (Å²) in [5.41, 5.74) is 0.669. The standard InChI is InChI=1S/C12H16F3NO/c1-11(2,3)8-16-9-5-4-6-10(7-9)17-12(13,14)15/h4-7,16H,8H2,1-3H3. The van der Waals surface area contributed by atoms with Crippen molar-refractivity contribution in [1.29, 1.82) is 0 Å². The van der Waals surface area contributed by atoms with Crippen molar-refractivity contribution in [3.63, 3.8) is 0 Å². The molecule has 0 atom stereocenters. The van der Waals surface area contributed by atoms with Gasteiger partial charge in [0.25, 0.3) is 0 Å². The van der Waals surface area contributed by atoms with E-state index in [2.05, 4.69) is 10.1 Å². The summed E-state index contributed by atoms with van der Waals surface area (Å²) in [4.78, 5) is 0. The molecule has 0 spiro atoms. The summed E-state index contributed by atoms with van der Waals surface area (Å²) >= 11 is 0. The minimum atomic E-state index is -4.65. The number of alkyl halides is 3.